The first-order chi connectivity index (χ1) is 21.9. The van der Waals surface area contributed by atoms with Crippen molar-refractivity contribution in [2.75, 3.05) is 39.9 Å². The van der Waals surface area contributed by atoms with Crippen molar-refractivity contribution in [2.45, 2.75) is 108 Å². The number of carboxylic acids is 1. The summed E-state index contributed by atoms with van der Waals surface area (Å²) in [5.41, 5.74) is 0. The van der Waals surface area contributed by atoms with E-state index in [1.54, 1.807) is 7.05 Å². The molecule has 7 unspecified atom stereocenters. The number of aliphatic carboxylic acids is 1. The zero-order chi connectivity index (χ0) is 33.5. The van der Waals surface area contributed by atoms with E-state index in [-0.39, 0.29) is 61.0 Å². The number of morpholine rings is 1. The molecule has 10 nitrogen and oxygen atoms in total. The number of nitrogens with zero attached hydrogens (tertiary/aromatic N) is 3. The van der Waals surface area contributed by atoms with E-state index in [1.165, 1.54) is 4.90 Å². The van der Waals surface area contributed by atoms with Crippen LogP contribution in [0.25, 0.3) is 0 Å². The number of hydrogen-bond donors (Lipinski definition) is 2. The third-order valence-electron chi connectivity index (χ3n) is 10.5. The van der Waals surface area contributed by atoms with Gasteiger partial charge in [-0.05, 0) is 56.8 Å². The third kappa shape index (κ3) is 9.07. The molecule has 7 atom stereocenters. The topological polar surface area (TPSA) is 119 Å². The van der Waals surface area contributed by atoms with Gasteiger partial charge in [0, 0.05) is 38.8 Å². The van der Waals surface area contributed by atoms with Crippen molar-refractivity contribution >= 4 is 23.8 Å². The Labute approximate surface area is 266 Å². The fourth-order valence-corrected chi connectivity index (χ4v) is 8.25. The van der Waals surface area contributed by atoms with Crippen LogP contribution in [-0.4, -0.2) is 121 Å². The molecule has 3 saturated carbocycles. The predicted octanol–water partition coefficient (Wildman–Crippen LogP) is 4.17. The molecule has 46 heavy (non-hydrogen) atoms. The molecule has 2 saturated heterocycles. The van der Waals surface area contributed by atoms with E-state index in [0.29, 0.717) is 39.3 Å². The number of amides is 4. The lowest BCUT2D eigenvalue weighted by atomic mass is 9.76. The Morgan fingerprint density at radius 2 is 1.54 bits per heavy atom. The first-order valence-electron chi connectivity index (χ1n) is 16.5. The number of urea groups is 1. The summed E-state index contributed by atoms with van der Waals surface area (Å²) in [5.74, 6) is -3.71. The third-order valence-corrected chi connectivity index (χ3v) is 10.5. The van der Waals surface area contributed by atoms with E-state index in [4.69, 9.17) is 4.74 Å². The van der Waals surface area contributed by atoms with Crippen LogP contribution in [0.15, 0.2) is 0 Å². The van der Waals surface area contributed by atoms with E-state index < -0.39 is 42.9 Å². The van der Waals surface area contributed by atoms with Crippen molar-refractivity contribution in [3.63, 3.8) is 0 Å². The summed E-state index contributed by atoms with van der Waals surface area (Å²) < 4.78 is 64.7. The Morgan fingerprint density at radius 1 is 0.935 bits per heavy atom. The van der Waals surface area contributed by atoms with E-state index in [9.17, 15) is 37.5 Å². The van der Waals surface area contributed by atoms with E-state index >= 15 is 8.78 Å². The van der Waals surface area contributed by atoms with Crippen LogP contribution >= 0.6 is 0 Å². The Hall–Kier alpha value is -2.55. The summed E-state index contributed by atoms with van der Waals surface area (Å²) in [4.78, 5) is 56.1. The molecule has 2 N–H and O–H groups in total. The number of rotatable bonds is 8. The molecule has 0 bridgehead atoms. The highest BCUT2D eigenvalue weighted by molar-refractivity contribution is 5.98. The maximum absolute atomic E-state index is 15.2. The van der Waals surface area contributed by atoms with Crippen molar-refractivity contribution in [3.05, 3.63) is 0 Å². The van der Waals surface area contributed by atoms with Gasteiger partial charge in [0.1, 0.15) is 24.3 Å². The number of hydrogen-bond acceptors (Lipinski definition) is 6. The molecule has 2 aliphatic heterocycles. The number of alkyl halides is 5. The van der Waals surface area contributed by atoms with Crippen molar-refractivity contribution in [3.8, 4) is 0 Å². The summed E-state index contributed by atoms with van der Waals surface area (Å²) in [6, 6.07) is -1.88. The van der Waals surface area contributed by atoms with Crippen LogP contribution in [0.2, 0.25) is 0 Å². The maximum Gasteiger partial charge on any atom is 0.379 e. The molecule has 0 aromatic heterocycles. The van der Waals surface area contributed by atoms with Gasteiger partial charge in [-0.15, -0.1) is 0 Å². The molecule has 0 aromatic rings. The second kappa shape index (κ2) is 16.5. The summed E-state index contributed by atoms with van der Waals surface area (Å²) in [7, 11) is 1.55. The van der Waals surface area contributed by atoms with Crippen molar-refractivity contribution < 1.29 is 51.0 Å². The van der Waals surface area contributed by atoms with Gasteiger partial charge < -0.3 is 20.1 Å². The van der Waals surface area contributed by atoms with E-state index in [2.05, 4.69) is 5.32 Å². The highest BCUT2D eigenvalue weighted by Gasteiger charge is 2.47. The first kappa shape index (κ1) is 36.3. The molecule has 0 spiro atoms. The smallest absolute Gasteiger partial charge is 0.379 e. The zero-order valence-electron chi connectivity index (χ0n) is 26.3. The predicted molar refractivity (Wildman–Crippen MR) is 156 cm³/mol. The summed E-state index contributed by atoms with van der Waals surface area (Å²) >= 11 is 0. The van der Waals surface area contributed by atoms with Crippen LogP contribution in [0.3, 0.4) is 0 Å². The Balaban J connectivity index is 0.00000113. The average Bonchev–Trinajstić information content (AvgIpc) is 3.01. The molecule has 0 aromatic carbocycles. The standard InChI is InChI=1S/C30H46F2N4O6.CHF3/c1-34-28(38)21-7-2-3-8-25(21)36(30(34)41)17-19-6-4-5-18(13-19)14-24(29(39)40)33-27(37)26-22(31)15-20(16-23(26)32)35-9-11-42-12-10-35;2-1(3)4/h18-26H,2-17H2,1H3,(H,33,37)(H,39,40);1H. The van der Waals surface area contributed by atoms with Crippen LogP contribution in [-0.2, 0) is 19.1 Å². The number of fused-ring (bicyclic) bond motifs is 1. The van der Waals surface area contributed by atoms with Crippen molar-refractivity contribution in [2.24, 2.45) is 23.7 Å². The first-order valence-corrected chi connectivity index (χ1v) is 16.5. The van der Waals surface area contributed by atoms with Gasteiger partial charge in [0.25, 0.3) is 0 Å². The van der Waals surface area contributed by atoms with Gasteiger partial charge in [0.05, 0.1) is 19.1 Å². The molecular formula is C31H47F5N4O6. The minimum Gasteiger partial charge on any atom is -0.480 e. The van der Waals surface area contributed by atoms with Crippen molar-refractivity contribution in [1.29, 1.82) is 0 Å². The van der Waals surface area contributed by atoms with Crippen molar-refractivity contribution in [1.82, 2.24) is 20.0 Å². The summed E-state index contributed by atoms with van der Waals surface area (Å²) in [5, 5.41) is 12.4. The number of ether oxygens (including phenoxy) is 1. The van der Waals surface area contributed by atoms with Gasteiger partial charge in [-0.25, -0.2) is 18.4 Å². The summed E-state index contributed by atoms with van der Waals surface area (Å²) in [6.45, 7) is -0.901. The SMILES string of the molecule is CN1C(=O)C2CCCCC2N(CC2CCCC(CC(NC(=O)C3C(F)CC(N4CCOCC4)CC3F)C(=O)O)C2)C1=O.FC(F)F. The minimum absolute atomic E-state index is 0.00837. The molecule has 5 aliphatic rings. The lowest BCUT2D eigenvalue weighted by Gasteiger charge is -2.47. The minimum atomic E-state index is -3.67. The van der Waals surface area contributed by atoms with E-state index in [0.717, 1.165) is 44.9 Å². The summed E-state index contributed by atoms with van der Waals surface area (Å²) in [6.07, 6.45) is 3.71. The lowest BCUT2D eigenvalue weighted by molar-refractivity contribution is -0.145. The molecule has 5 fully saturated rings. The fourth-order valence-electron chi connectivity index (χ4n) is 8.25. The lowest BCUT2D eigenvalue weighted by Crippen LogP contribution is -2.62. The molecule has 2 heterocycles. The van der Waals surface area contributed by atoms with Gasteiger partial charge in [-0.1, -0.05) is 25.7 Å². The van der Waals surface area contributed by atoms with Crippen LogP contribution in [0.4, 0.5) is 26.7 Å². The van der Waals surface area contributed by atoms with Crippen LogP contribution < -0.4 is 5.32 Å². The molecule has 3 aliphatic carbocycles. The van der Waals surface area contributed by atoms with Crippen LogP contribution in [0.1, 0.15) is 70.6 Å². The van der Waals surface area contributed by atoms with Gasteiger partial charge in [-0.3, -0.25) is 19.4 Å². The number of carboxylic acid groups (broad SMARTS) is 1. The molecule has 15 heteroatoms. The average molecular weight is 667 g/mol. The highest BCUT2D eigenvalue weighted by Crippen LogP contribution is 2.38. The maximum atomic E-state index is 15.2. The Kier molecular flexibility index (Phi) is 13.0. The number of halogens is 5. The largest absolute Gasteiger partial charge is 0.480 e. The van der Waals surface area contributed by atoms with Gasteiger partial charge in [-0.2, -0.15) is 13.2 Å². The Morgan fingerprint density at radius 3 is 2.17 bits per heavy atom. The number of nitrogens with one attached hydrogen (secondary N) is 1. The second-order valence-corrected chi connectivity index (χ2v) is 13.4. The molecule has 5 rings (SSSR count). The van der Waals surface area contributed by atoms with Crippen LogP contribution in [0, 0.1) is 23.7 Å². The van der Waals surface area contributed by atoms with Gasteiger partial charge in [0.2, 0.25) is 11.8 Å². The molecule has 0 radical (unpaired) electrons. The normalized spacial score (nSPS) is 34.8. The zero-order valence-corrected chi connectivity index (χ0v) is 26.3. The number of carbonyl (C=O) groups excluding carboxylic acids is 3. The molecule has 262 valence electrons. The van der Waals surface area contributed by atoms with Crippen LogP contribution in [0.5, 0.6) is 0 Å². The Bertz CT molecular complexity index is 1050. The fraction of sp³-hybridized carbons (Fsp3) is 0.871. The highest BCUT2D eigenvalue weighted by atomic mass is 19.4. The molecular weight excluding hydrogens is 619 g/mol. The number of carbonyl (C=O) groups is 4. The monoisotopic (exact) mass is 666 g/mol. The molecule has 4 amide bonds. The van der Waals surface area contributed by atoms with Gasteiger partial charge >= 0.3 is 18.7 Å². The van der Waals surface area contributed by atoms with E-state index in [1.807, 2.05) is 9.80 Å². The van der Waals surface area contributed by atoms with Gasteiger partial charge in [0.15, 0.2) is 0 Å². The second-order valence-electron chi connectivity index (χ2n) is 13.4. The number of imide groups is 1. The quantitative estimate of drug-likeness (QED) is 0.374.